The molecule has 0 atom stereocenters. The van der Waals surface area contributed by atoms with Crippen molar-refractivity contribution in [3.63, 3.8) is 0 Å². The van der Waals surface area contributed by atoms with Crippen molar-refractivity contribution in [2.45, 2.75) is 70.0 Å². The van der Waals surface area contributed by atoms with E-state index in [2.05, 4.69) is 69.5 Å². The Morgan fingerprint density at radius 1 is 0.898 bits per heavy atom. The maximum absolute atomic E-state index is 14.2. The molecule has 0 radical (unpaired) electrons. The molecule has 10 rings (SSSR count). The lowest BCUT2D eigenvalue weighted by Crippen LogP contribution is -2.50. The lowest BCUT2D eigenvalue weighted by molar-refractivity contribution is -0.454. The highest BCUT2D eigenvalue weighted by Gasteiger charge is 2.37. The number of amidine groups is 1. The predicted octanol–water partition coefficient (Wildman–Crippen LogP) is 4.07. The number of benzene rings is 2. The number of aliphatic hydroxyl groups is 1. The number of amides is 3. The van der Waals surface area contributed by atoms with E-state index in [1.165, 1.54) is 25.2 Å². The molecule has 59 heavy (non-hydrogen) atoms. The Labute approximate surface area is 344 Å². The Morgan fingerprint density at radius 2 is 1.64 bits per heavy atom. The van der Waals surface area contributed by atoms with Crippen LogP contribution in [0.1, 0.15) is 77.6 Å². The van der Waals surface area contributed by atoms with Gasteiger partial charge in [0, 0.05) is 88.1 Å². The second-order valence-electron chi connectivity index (χ2n) is 17.2. The van der Waals surface area contributed by atoms with Crippen LogP contribution in [0.5, 0.6) is 0 Å². The van der Waals surface area contributed by atoms with Gasteiger partial charge in [-0.3, -0.25) is 9.59 Å². The summed E-state index contributed by atoms with van der Waals surface area (Å²) in [6, 6.07) is 14.8. The lowest BCUT2D eigenvalue weighted by atomic mass is 9.94. The minimum atomic E-state index is -0.254. The van der Waals surface area contributed by atoms with Gasteiger partial charge < -0.3 is 34.9 Å². The third-order valence-electron chi connectivity index (χ3n) is 13.8. The summed E-state index contributed by atoms with van der Waals surface area (Å²) in [5.41, 5.74) is 6.38. The van der Waals surface area contributed by atoms with E-state index in [4.69, 9.17) is 0 Å². The molecule has 15 heteroatoms. The Balaban J connectivity index is 0.762. The van der Waals surface area contributed by atoms with Gasteiger partial charge in [-0.15, -0.1) is 0 Å². The van der Waals surface area contributed by atoms with E-state index in [9.17, 15) is 19.5 Å². The van der Waals surface area contributed by atoms with E-state index in [-0.39, 0.29) is 29.8 Å². The summed E-state index contributed by atoms with van der Waals surface area (Å²) in [5, 5.41) is 20.3. The summed E-state index contributed by atoms with van der Waals surface area (Å²) >= 11 is 0. The zero-order valence-electron chi connectivity index (χ0n) is 33.6. The maximum Gasteiger partial charge on any atom is 0.454 e. The standard InChI is InChI=1S/C44H53N11O4/c56-40-13-24-53(44(59)48-40)34-5-3-32(4-6-34)51-20-7-30(8-21-51)28-49-18-9-35(10-19-49)54-29-31-25-38(47-42(57)37-27-46-55-17-1-14-45-41(37)55)39(26-36(31)43(54)58)52-22-11-33(12-23-52)50-15-2-16-50/h1,3-6,14,17,25-27,30,33,35H,2,7-13,15-16,18-24,28-29H2,(H2,47,48,56,57,58,59)/p+1. The molecule has 4 saturated heterocycles. The molecule has 0 aliphatic carbocycles. The van der Waals surface area contributed by atoms with Crippen LogP contribution in [-0.2, 0) is 11.3 Å². The van der Waals surface area contributed by atoms with Crippen LogP contribution in [-0.4, -0.2) is 140 Å². The van der Waals surface area contributed by atoms with Crippen molar-refractivity contribution in [2.75, 3.05) is 80.6 Å². The largest absolute Gasteiger partial charge is 0.454 e. The van der Waals surface area contributed by atoms with Gasteiger partial charge in [0.2, 0.25) is 0 Å². The molecule has 15 nitrogen and oxygen atoms in total. The van der Waals surface area contributed by atoms with E-state index < -0.39 is 0 Å². The van der Waals surface area contributed by atoms with Crippen LogP contribution < -0.4 is 20.4 Å². The summed E-state index contributed by atoms with van der Waals surface area (Å²) in [6.45, 7) is 10.3. The van der Waals surface area contributed by atoms with Gasteiger partial charge in [-0.2, -0.15) is 15.0 Å². The third kappa shape index (κ3) is 7.50. The number of hydrogen-bond acceptors (Lipinski definition) is 9. The molecule has 4 aromatic rings. The number of carbonyl (C=O) groups is 3. The molecule has 2 aromatic carbocycles. The van der Waals surface area contributed by atoms with Gasteiger partial charge in [-0.1, -0.05) is 0 Å². The second-order valence-corrected chi connectivity index (χ2v) is 17.2. The molecule has 308 valence electrons. The van der Waals surface area contributed by atoms with Crippen LogP contribution in [0, 0.1) is 5.92 Å². The molecule has 2 aromatic heterocycles. The van der Waals surface area contributed by atoms with Crippen molar-refractivity contribution in [1.82, 2.24) is 34.6 Å². The van der Waals surface area contributed by atoms with E-state index in [1.807, 2.05) is 12.1 Å². The smallest absolute Gasteiger partial charge is 0.446 e. The monoisotopic (exact) mass is 800 g/mol. The zero-order chi connectivity index (χ0) is 40.0. The number of carbonyl (C=O) groups excluding carboxylic acids is 3. The number of aliphatic hydroxyl groups excluding tert-OH is 1. The maximum atomic E-state index is 14.2. The number of rotatable bonds is 9. The molecule has 3 amide bonds. The molecular weight excluding hydrogens is 747 g/mol. The fourth-order valence-corrected chi connectivity index (χ4v) is 10.2. The SMILES string of the molecule is O=C1CC[N+](c2ccc(N3CCC(CN4CCC(N5Cc6cc(NC(=O)c7cnn8cccnc78)c(N7CCC(N8CCC8)CC7)cc6C5=O)CC4)CC3)cc2)=C(O)N1. The molecule has 0 unspecified atom stereocenters. The molecule has 8 heterocycles. The first-order chi connectivity index (χ1) is 28.8. The number of aromatic nitrogens is 3. The van der Waals surface area contributed by atoms with E-state index in [1.54, 1.807) is 33.7 Å². The Bertz CT molecular complexity index is 2260. The average Bonchev–Trinajstić information content (AvgIpc) is 3.82. The average molecular weight is 801 g/mol. The van der Waals surface area contributed by atoms with Gasteiger partial charge in [-0.25, -0.2) is 14.3 Å². The number of nitrogens with one attached hydrogen (secondary N) is 2. The minimum Gasteiger partial charge on any atom is -0.446 e. The van der Waals surface area contributed by atoms with Crippen LogP contribution in [0.15, 0.2) is 61.1 Å². The van der Waals surface area contributed by atoms with Crippen molar-refractivity contribution in [3.05, 3.63) is 77.7 Å². The summed E-state index contributed by atoms with van der Waals surface area (Å²) in [6.07, 6.45) is 13.0. The predicted molar refractivity (Wildman–Crippen MR) is 225 cm³/mol. The fraction of sp³-hybridized carbons (Fsp3) is 0.500. The lowest BCUT2D eigenvalue weighted by Gasteiger charge is -2.43. The highest BCUT2D eigenvalue weighted by atomic mass is 16.3. The van der Waals surface area contributed by atoms with Gasteiger partial charge in [0.15, 0.2) is 5.65 Å². The summed E-state index contributed by atoms with van der Waals surface area (Å²) in [5.74, 6) is 0.335. The van der Waals surface area contributed by atoms with Crippen molar-refractivity contribution < 1.29 is 24.1 Å². The topological polar surface area (TPSA) is 145 Å². The van der Waals surface area contributed by atoms with E-state index in [0.717, 1.165) is 113 Å². The van der Waals surface area contributed by atoms with Crippen LogP contribution >= 0.6 is 0 Å². The molecule has 4 fully saturated rings. The Kier molecular flexibility index (Phi) is 10.2. The Hall–Kier alpha value is -5.54. The van der Waals surface area contributed by atoms with Gasteiger partial charge in [0.05, 0.1) is 24.0 Å². The zero-order valence-corrected chi connectivity index (χ0v) is 33.6. The molecule has 0 saturated carbocycles. The molecule has 3 N–H and O–H groups in total. The van der Waals surface area contributed by atoms with Gasteiger partial charge >= 0.3 is 11.9 Å². The molecular formula is C44H54N11O4+. The molecule has 0 spiro atoms. The van der Waals surface area contributed by atoms with Crippen molar-refractivity contribution >= 4 is 52.1 Å². The first-order valence-corrected chi connectivity index (χ1v) is 21.6. The first kappa shape index (κ1) is 37.7. The number of anilines is 3. The molecule has 6 aliphatic heterocycles. The van der Waals surface area contributed by atoms with E-state index >= 15 is 0 Å². The molecule has 0 bridgehead atoms. The summed E-state index contributed by atoms with van der Waals surface area (Å²) in [4.78, 5) is 56.1. The van der Waals surface area contributed by atoms with Crippen LogP contribution in [0.25, 0.3) is 5.65 Å². The summed E-state index contributed by atoms with van der Waals surface area (Å²) < 4.78 is 3.34. The number of nitrogens with zero attached hydrogens (tertiary/aromatic N) is 9. The molecule has 6 aliphatic rings. The van der Waals surface area contributed by atoms with Crippen LogP contribution in [0.3, 0.4) is 0 Å². The third-order valence-corrected chi connectivity index (χ3v) is 13.8. The van der Waals surface area contributed by atoms with Gasteiger partial charge in [-0.05, 0) is 112 Å². The number of piperidine rings is 3. The normalized spacial score (nSPS) is 21.6. The van der Waals surface area contributed by atoms with Crippen LogP contribution in [0.2, 0.25) is 0 Å². The number of hydrogen-bond donors (Lipinski definition) is 3. The highest BCUT2D eigenvalue weighted by molar-refractivity contribution is 6.10. The summed E-state index contributed by atoms with van der Waals surface area (Å²) in [7, 11) is 0. The van der Waals surface area contributed by atoms with Gasteiger partial charge in [0.25, 0.3) is 11.8 Å². The first-order valence-electron chi connectivity index (χ1n) is 21.6. The van der Waals surface area contributed by atoms with Crippen molar-refractivity contribution in [3.8, 4) is 0 Å². The van der Waals surface area contributed by atoms with Crippen molar-refractivity contribution in [1.29, 1.82) is 0 Å². The van der Waals surface area contributed by atoms with E-state index in [0.29, 0.717) is 42.7 Å². The highest BCUT2D eigenvalue weighted by Crippen LogP contribution is 2.39. The Morgan fingerprint density at radius 3 is 2.37 bits per heavy atom. The van der Waals surface area contributed by atoms with Crippen molar-refractivity contribution in [2.24, 2.45) is 5.92 Å². The van der Waals surface area contributed by atoms with Gasteiger partial charge in [0.1, 0.15) is 17.8 Å². The number of fused-ring (bicyclic) bond motifs is 2. The minimum absolute atomic E-state index is 0.107. The second kappa shape index (κ2) is 15.9. The number of likely N-dealkylation sites (tertiary alicyclic amines) is 2. The fourth-order valence-electron chi connectivity index (χ4n) is 10.2. The quantitative estimate of drug-likeness (QED) is 0.212. The van der Waals surface area contributed by atoms with Crippen LogP contribution in [0.4, 0.5) is 22.7 Å².